The third-order valence-electron chi connectivity index (χ3n) is 5.37. The van der Waals surface area contributed by atoms with Gasteiger partial charge >= 0.3 is 0 Å². The molecule has 6 heteroatoms. The number of likely N-dealkylation sites (tertiary alicyclic amines) is 1. The molecule has 2 aliphatic rings. The molecule has 0 aliphatic carbocycles. The molecule has 2 N–H and O–H groups in total. The van der Waals surface area contributed by atoms with Crippen LogP contribution in [0.25, 0.3) is 0 Å². The third kappa shape index (κ3) is 4.40. The van der Waals surface area contributed by atoms with Crippen LogP contribution in [0.2, 0.25) is 5.02 Å². The van der Waals surface area contributed by atoms with Crippen molar-refractivity contribution in [3.05, 3.63) is 34.9 Å². The predicted octanol–water partition coefficient (Wildman–Crippen LogP) is 2.52. The zero-order valence-corrected chi connectivity index (χ0v) is 15.1. The molecular weight excluding hydrogens is 340 g/mol. The maximum atomic E-state index is 12.6. The van der Waals surface area contributed by atoms with Gasteiger partial charge in [0.1, 0.15) is 0 Å². The normalized spacial score (nSPS) is 21.1. The van der Waals surface area contributed by atoms with Crippen LogP contribution in [0, 0.1) is 11.8 Å². The Labute approximate surface area is 153 Å². The van der Waals surface area contributed by atoms with E-state index in [2.05, 4.69) is 0 Å². The van der Waals surface area contributed by atoms with E-state index in [1.165, 1.54) is 0 Å². The van der Waals surface area contributed by atoms with Gasteiger partial charge in [-0.05, 0) is 55.9 Å². The van der Waals surface area contributed by atoms with E-state index in [-0.39, 0.29) is 23.5 Å². The van der Waals surface area contributed by atoms with Crippen molar-refractivity contribution >= 4 is 23.3 Å². The summed E-state index contributed by atoms with van der Waals surface area (Å²) in [5.74, 6) is 0.320. The molecule has 136 valence electrons. The lowest BCUT2D eigenvalue weighted by Crippen LogP contribution is -2.51. The molecule has 0 bridgehead atoms. The average Bonchev–Trinajstić information content (AvgIpc) is 2.67. The molecule has 0 aromatic heterocycles. The summed E-state index contributed by atoms with van der Waals surface area (Å²) in [4.78, 5) is 27.1. The van der Waals surface area contributed by atoms with Gasteiger partial charge in [0.25, 0.3) is 0 Å². The highest BCUT2D eigenvalue weighted by Crippen LogP contribution is 2.25. The predicted molar refractivity (Wildman–Crippen MR) is 96.6 cm³/mol. The number of nitrogens with zero attached hydrogens (tertiary/aromatic N) is 1. The first-order chi connectivity index (χ1) is 12.1. The maximum absolute atomic E-state index is 12.6. The summed E-state index contributed by atoms with van der Waals surface area (Å²) in [5, 5.41) is 0.624. The number of nitrogens with two attached hydrogens (primary N) is 1. The lowest BCUT2D eigenvalue weighted by Gasteiger charge is -2.35. The summed E-state index contributed by atoms with van der Waals surface area (Å²) in [6.45, 7) is 2.56. The second-order valence-electron chi connectivity index (χ2n) is 6.95. The molecule has 2 fully saturated rings. The van der Waals surface area contributed by atoms with Crippen LogP contribution in [0.5, 0.6) is 0 Å². The Kier molecular flexibility index (Phi) is 6.10. The van der Waals surface area contributed by atoms with E-state index in [1.807, 2.05) is 4.90 Å². The van der Waals surface area contributed by atoms with Crippen molar-refractivity contribution in [3.8, 4) is 0 Å². The maximum Gasteiger partial charge on any atom is 0.239 e. The molecule has 2 aliphatic heterocycles. The molecular formula is C19H25ClN2O3. The van der Waals surface area contributed by atoms with Gasteiger partial charge in [-0.2, -0.15) is 0 Å². The van der Waals surface area contributed by atoms with E-state index < -0.39 is 6.04 Å². The molecule has 1 aromatic rings. The first-order valence-electron chi connectivity index (χ1n) is 8.98. The minimum absolute atomic E-state index is 0.0179. The number of rotatable bonds is 4. The molecule has 0 radical (unpaired) electrons. The van der Waals surface area contributed by atoms with Crippen molar-refractivity contribution in [1.29, 1.82) is 0 Å². The van der Waals surface area contributed by atoms with Crippen LogP contribution in [-0.2, 0) is 9.53 Å². The lowest BCUT2D eigenvalue weighted by atomic mass is 9.87. The number of benzene rings is 1. The summed E-state index contributed by atoms with van der Waals surface area (Å²) in [6.07, 6.45) is 3.07. The quantitative estimate of drug-likeness (QED) is 0.833. The fourth-order valence-corrected chi connectivity index (χ4v) is 3.83. The highest BCUT2D eigenvalue weighted by atomic mass is 35.5. The molecule has 3 rings (SSSR count). The van der Waals surface area contributed by atoms with Crippen LogP contribution >= 0.6 is 11.6 Å². The standard InChI is InChI=1S/C19H25ClN2O3/c20-16-3-1-14(2-4-16)18(23)15-5-9-22(10-6-15)19(24)17(21)13-7-11-25-12-8-13/h1-4,13,15,17H,5-12,21H2. The first kappa shape index (κ1) is 18.4. The number of hydrogen-bond acceptors (Lipinski definition) is 4. The second kappa shape index (κ2) is 8.30. The van der Waals surface area contributed by atoms with Crippen molar-refractivity contribution in [2.45, 2.75) is 31.7 Å². The summed E-state index contributed by atoms with van der Waals surface area (Å²) in [5.41, 5.74) is 6.88. The Morgan fingerprint density at radius 2 is 1.68 bits per heavy atom. The van der Waals surface area contributed by atoms with Crippen molar-refractivity contribution in [2.24, 2.45) is 17.6 Å². The Balaban J connectivity index is 1.53. The Hall–Kier alpha value is -1.43. The Morgan fingerprint density at radius 3 is 2.28 bits per heavy atom. The molecule has 5 nitrogen and oxygen atoms in total. The highest BCUT2D eigenvalue weighted by Gasteiger charge is 2.33. The summed E-state index contributed by atoms with van der Waals surface area (Å²) < 4.78 is 5.34. The Morgan fingerprint density at radius 1 is 1.08 bits per heavy atom. The van der Waals surface area contributed by atoms with Gasteiger partial charge in [-0.3, -0.25) is 9.59 Å². The van der Waals surface area contributed by atoms with Crippen molar-refractivity contribution in [2.75, 3.05) is 26.3 Å². The van der Waals surface area contributed by atoms with Crippen molar-refractivity contribution in [1.82, 2.24) is 4.90 Å². The van der Waals surface area contributed by atoms with E-state index in [0.29, 0.717) is 49.7 Å². The van der Waals surface area contributed by atoms with Crippen LogP contribution in [0.15, 0.2) is 24.3 Å². The van der Waals surface area contributed by atoms with Crippen molar-refractivity contribution in [3.63, 3.8) is 0 Å². The molecule has 0 saturated carbocycles. The zero-order valence-electron chi connectivity index (χ0n) is 14.3. The van der Waals surface area contributed by atoms with Crippen LogP contribution in [-0.4, -0.2) is 48.9 Å². The summed E-state index contributed by atoms with van der Waals surface area (Å²) in [6, 6.07) is 6.56. The van der Waals surface area contributed by atoms with Gasteiger partial charge in [-0.15, -0.1) is 0 Å². The third-order valence-corrected chi connectivity index (χ3v) is 5.62. The summed E-state index contributed by atoms with van der Waals surface area (Å²) >= 11 is 5.87. The number of carbonyl (C=O) groups is 2. The first-order valence-corrected chi connectivity index (χ1v) is 9.36. The van der Waals surface area contributed by atoms with Gasteiger partial charge in [-0.1, -0.05) is 11.6 Å². The minimum Gasteiger partial charge on any atom is -0.381 e. The second-order valence-corrected chi connectivity index (χ2v) is 7.38. The molecule has 2 heterocycles. The summed E-state index contributed by atoms with van der Waals surface area (Å²) in [7, 11) is 0. The van der Waals surface area contributed by atoms with E-state index in [0.717, 1.165) is 12.8 Å². The molecule has 0 spiro atoms. The van der Waals surface area contributed by atoms with Crippen LogP contribution in [0.3, 0.4) is 0 Å². The highest BCUT2D eigenvalue weighted by molar-refractivity contribution is 6.30. The largest absolute Gasteiger partial charge is 0.381 e. The fourth-order valence-electron chi connectivity index (χ4n) is 3.70. The number of piperidine rings is 1. The number of carbonyl (C=O) groups excluding carboxylic acids is 2. The van der Waals surface area contributed by atoms with Crippen LogP contribution in [0.4, 0.5) is 0 Å². The molecule has 25 heavy (non-hydrogen) atoms. The van der Waals surface area contributed by atoms with E-state index in [4.69, 9.17) is 22.1 Å². The van der Waals surface area contributed by atoms with Crippen LogP contribution in [0.1, 0.15) is 36.0 Å². The molecule has 1 atom stereocenters. The van der Waals surface area contributed by atoms with Crippen molar-refractivity contribution < 1.29 is 14.3 Å². The minimum atomic E-state index is -0.451. The van der Waals surface area contributed by atoms with Gasteiger partial charge in [0, 0.05) is 42.8 Å². The van der Waals surface area contributed by atoms with E-state index in [1.54, 1.807) is 24.3 Å². The Bertz CT molecular complexity index is 606. The van der Waals surface area contributed by atoms with Crippen LogP contribution < -0.4 is 5.73 Å². The van der Waals surface area contributed by atoms with Gasteiger partial charge in [0.2, 0.25) is 5.91 Å². The number of ether oxygens (including phenoxy) is 1. The number of Topliss-reactive ketones (excluding diaryl/α,β-unsaturated/α-hetero) is 1. The smallest absolute Gasteiger partial charge is 0.239 e. The topological polar surface area (TPSA) is 72.6 Å². The molecule has 1 amide bonds. The average molecular weight is 365 g/mol. The number of amides is 1. The van der Waals surface area contributed by atoms with E-state index in [9.17, 15) is 9.59 Å². The molecule has 1 aromatic carbocycles. The number of hydrogen-bond donors (Lipinski definition) is 1. The fraction of sp³-hybridized carbons (Fsp3) is 0.579. The van der Waals surface area contributed by atoms with Gasteiger partial charge in [-0.25, -0.2) is 0 Å². The molecule has 1 unspecified atom stereocenters. The zero-order chi connectivity index (χ0) is 17.8. The van der Waals surface area contributed by atoms with E-state index >= 15 is 0 Å². The molecule has 2 saturated heterocycles. The monoisotopic (exact) mass is 364 g/mol. The van der Waals surface area contributed by atoms with Gasteiger partial charge in [0.15, 0.2) is 5.78 Å². The SMILES string of the molecule is NC(C(=O)N1CCC(C(=O)c2ccc(Cl)cc2)CC1)C1CCOCC1. The lowest BCUT2D eigenvalue weighted by molar-refractivity contribution is -0.136. The number of halogens is 1. The number of ketones is 1. The van der Waals surface area contributed by atoms with Gasteiger partial charge in [0.05, 0.1) is 6.04 Å². The van der Waals surface area contributed by atoms with Gasteiger partial charge < -0.3 is 15.4 Å².